The lowest BCUT2D eigenvalue weighted by molar-refractivity contribution is 0.0442. The van der Waals surface area contributed by atoms with Crippen LogP contribution < -0.4 is 0 Å². The van der Waals surface area contributed by atoms with E-state index in [4.69, 9.17) is 6.42 Å². The topological polar surface area (TPSA) is 3.24 Å². The molecule has 1 fully saturated rings. The zero-order valence-electron chi connectivity index (χ0n) is 6.15. The van der Waals surface area contributed by atoms with Gasteiger partial charge in [0.1, 0.15) is 0 Å². The molecule has 0 aromatic rings. The minimum atomic E-state index is 0.434. The molecule has 0 unspecified atom stereocenters. The smallest absolute Gasteiger partial charge is 0.0165 e. The fraction of sp³-hybridized carbons (Fsp3) is 0.750. The molecule has 0 bridgehead atoms. The Kier molecular flexibility index (Phi) is 1.50. The molecule has 1 rings (SSSR count). The van der Waals surface area contributed by atoms with Gasteiger partial charge in [-0.3, -0.25) is 0 Å². The molecule has 1 aliphatic heterocycles. The largest absolute Gasteiger partial charge is 0.305 e. The van der Waals surface area contributed by atoms with Crippen LogP contribution in [-0.2, 0) is 0 Å². The van der Waals surface area contributed by atoms with Gasteiger partial charge in [0.25, 0.3) is 0 Å². The molecule has 1 saturated heterocycles. The fourth-order valence-corrected chi connectivity index (χ4v) is 1.62. The van der Waals surface area contributed by atoms with Crippen LogP contribution >= 0.6 is 0 Å². The quantitative estimate of drug-likeness (QED) is 0.469. The second-order valence-corrected chi connectivity index (χ2v) is 3.36. The van der Waals surface area contributed by atoms with Gasteiger partial charge in [0.05, 0.1) is 0 Å². The van der Waals surface area contributed by atoms with E-state index in [2.05, 4.69) is 24.8 Å². The molecule has 1 heterocycles. The van der Waals surface area contributed by atoms with Crippen molar-refractivity contribution in [3.05, 3.63) is 0 Å². The molecule has 9 heavy (non-hydrogen) atoms. The summed E-state index contributed by atoms with van der Waals surface area (Å²) in [5.41, 5.74) is 0.434. The summed E-state index contributed by atoms with van der Waals surface area (Å²) in [6.07, 6.45) is 6.13. The van der Waals surface area contributed by atoms with Crippen molar-refractivity contribution in [1.82, 2.24) is 4.90 Å². The first kappa shape index (κ1) is 6.64. The third kappa shape index (κ3) is 1.25. The van der Waals surface area contributed by atoms with Crippen molar-refractivity contribution >= 4 is 0 Å². The van der Waals surface area contributed by atoms with Gasteiger partial charge in [-0.2, -0.15) is 0 Å². The predicted molar refractivity (Wildman–Crippen MR) is 39.1 cm³/mol. The van der Waals surface area contributed by atoms with Gasteiger partial charge in [-0.25, -0.2) is 0 Å². The summed E-state index contributed by atoms with van der Waals surface area (Å²) in [7, 11) is 2.12. The average Bonchev–Trinajstić information content (AvgIpc) is 1.62. The third-order valence-corrected chi connectivity index (χ3v) is 1.83. The molecule has 1 aliphatic rings. The highest BCUT2D eigenvalue weighted by Crippen LogP contribution is 2.30. The zero-order valence-corrected chi connectivity index (χ0v) is 6.15. The Bertz CT molecular complexity index is 137. The minimum Gasteiger partial charge on any atom is -0.305 e. The van der Waals surface area contributed by atoms with E-state index in [0.29, 0.717) is 5.41 Å². The van der Waals surface area contributed by atoms with E-state index in [0.717, 1.165) is 19.5 Å². The van der Waals surface area contributed by atoms with Gasteiger partial charge in [0, 0.05) is 24.9 Å². The highest BCUT2D eigenvalue weighted by Gasteiger charge is 2.35. The monoisotopic (exact) mass is 123 g/mol. The summed E-state index contributed by atoms with van der Waals surface area (Å²) < 4.78 is 0. The Hall–Kier alpha value is -0.480. The van der Waals surface area contributed by atoms with Crippen molar-refractivity contribution in [2.75, 3.05) is 20.1 Å². The van der Waals surface area contributed by atoms with Crippen molar-refractivity contribution in [2.24, 2.45) is 5.41 Å². The molecule has 0 atom stereocenters. The molecule has 0 aliphatic carbocycles. The van der Waals surface area contributed by atoms with Crippen LogP contribution in [0.4, 0.5) is 0 Å². The molecular formula is C8H13N. The summed E-state index contributed by atoms with van der Waals surface area (Å²) in [4.78, 5) is 2.29. The van der Waals surface area contributed by atoms with E-state index in [-0.39, 0.29) is 0 Å². The Morgan fingerprint density at radius 2 is 2.22 bits per heavy atom. The van der Waals surface area contributed by atoms with Gasteiger partial charge < -0.3 is 4.90 Å². The lowest BCUT2D eigenvalue weighted by Gasteiger charge is -2.45. The SMILES string of the molecule is C#CCC1(C)CN(C)C1. The van der Waals surface area contributed by atoms with Gasteiger partial charge in [-0.1, -0.05) is 6.92 Å². The number of nitrogens with zero attached hydrogens (tertiary/aromatic N) is 1. The standard InChI is InChI=1S/C8H13N/c1-4-5-8(2)6-9(3)7-8/h1H,5-7H2,2-3H3. The van der Waals surface area contributed by atoms with Crippen LogP contribution in [0.25, 0.3) is 0 Å². The van der Waals surface area contributed by atoms with Crippen LogP contribution in [0.2, 0.25) is 0 Å². The van der Waals surface area contributed by atoms with Crippen LogP contribution in [0, 0.1) is 17.8 Å². The van der Waals surface area contributed by atoms with E-state index in [1.54, 1.807) is 0 Å². The molecule has 0 radical (unpaired) electrons. The third-order valence-electron chi connectivity index (χ3n) is 1.83. The van der Waals surface area contributed by atoms with Crippen LogP contribution in [0.15, 0.2) is 0 Å². The predicted octanol–water partition coefficient (Wildman–Crippen LogP) is 0.961. The number of likely N-dealkylation sites (tertiary alicyclic amines) is 1. The van der Waals surface area contributed by atoms with Gasteiger partial charge in [0.15, 0.2) is 0 Å². The number of hydrogen-bond acceptors (Lipinski definition) is 1. The highest BCUT2D eigenvalue weighted by molar-refractivity contribution is 4.99. The Morgan fingerprint density at radius 3 is 2.56 bits per heavy atom. The first-order valence-electron chi connectivity index (χ1n) is 3.28. The first-order valence-corrected chi connectivity index (χ1v) is 3.28. The van der Waals surface area contributed by atoms with Crippen molar-refractivity contribution in [1.29, 1.82) is 0 Å². The van der Waals surface area contributed by atoms with E-state index in [1.165, 1.54) is 0 Å². The fourth-order valence-electron chi connectivity index (χ4n) is 1.62. The molecular weight excluding hydrogens is 110 g/mol. The van der Waals surface area contributed by atoms with E-state index < -0.39 is 0 Å². The normalized spacial score (nSPS) is 24.6. The van der Waals surface area contributed by atoms with Crippen LogP contribution in [0.1, 0.15) is 13.3 Å². The Balaban J connectivity index is 2.34. The molecule has 0 saturated carbocycles. The molecule has 0 aromatic carbocycles. The molecule has 1 nitrogen and oxygen atoms in total. The lowest BCUT2D eigenvalue weighted by atomic mass is 9.80. The van der Waals surface area contributed by atoms with Crippen molar-refractivity contribution in [3.8, 4) is 12.3 Å². The second-order valence-electron chi connectivity index (χ2n) is 3.36. The number of hydrogen-bond donors (Lipinski definition) is 0. The van der Waals surface area contributed by atoms with Gasteiger partial charge in [-0.05, 0) is 7.05 Å². The van der Waals surface area contributed by atoms with Crippen LogP contribution in [0.5, 0.6) is 0 Å². The van der Waals surface area contributed by atoms with Crippen LogP contribution in [-0.4, -0.2) is 25.0 Å². The maximum atomic E-state index is 5.20. The Labute approximate surface area is 57.0 Å². The summed E-state index contributed by atoms with van der Waals surface area (Å²) in [5, 5.41) is 0. The van der Waals surface area contributed by atoms with E-state index in [1.807, 2.05) is 0 Å². The molecule has 0 spiro atoms. The molecule has 0 amide bonds. The van der Waals surface area contributed by atoms with Crippen LogP contribution in [0.3, 0.4) is 0 Å². The van der Waals surface area contributed by atoms with E-state index >= 15 is 0 Å². The average molecular weight is 123 g/mol. The van der Waals surface area contributed by atoms with Crippen molar-refractivity contribution in [3.63, 3.8) is 0 Å². The van der Waals surface area contributed by atoms with Crippen molar-refractivity contribution < 1.29 is 0 Å². The number of rotatable bonds is 1. The number of terminal acetylenes is 1. The Morgan fingerprint density at radius 1 is 1.67 bits per heavy atom. The minimum absolute atomic E-state index is 0.434. The molecule has 0 aromatic heterocycles. The maximum absolute atomic E-state index is 5.20. The van der Waals surface area contributed by atoms with Gasteiger partial charge in [0.2, 0.25) is 0 Å². The molecule has 1 heteroatoms. The van der Waals surface area contributed by atoms with E-state index in [9.17, 15) is 0 Å². The first-order chi connectivity index (χ1) is 4.16. The summed E-state index contributed by atoms with van der Waals surface area (Å²) in [6.45, 7) is 4.57. The maximum Gasteiger partial charge on any atom is 0.0165 e. The lowest BCUT2D eigenvalue weighted by Crippen LogP contribution is -2.52. The second kappa shape index (κ2) is 2.04. The summed E-state index contributed by atoms with van der Waals surface area (Å²) in [5.74, 6) is 2.70. The van der Waals surface area contributed by atoms with Gasteiger partial charge in [-0.15, -0.1) is 12.3 Å². The molecule has 50 valence electrons. The summed E-state index contributed by atoms with van der Waals surface area (Å²) >= 11 is 0. The summed E-state index contributed by atoms with van der Waals surface area (Å²) in [6, 6.07) is 0. The van der Waals surface area contributed by atoms with Gasteiger partial charge >= 0.3 is 0 Å². The van der Waals surface area contributed by atoms with Crippen molar-refractivity contribution in [2.45, 2.75) is 13.3 Å². The highest BCUT2D eigenvalue weighted by atomic mass is 15.2. The zero-order chi connectivity index (χ0) is 6.91. The molecule has 0 N–H and O–H groups in total.